The van der Waals surface area contributed by atoms with E-state index in [1.807, 2.05) is 0 Å². The van der Waals surface area contributed by atoms with Crippen LogP contribution in [0.2, 0.25) is 0 Å². The Kier molecular flexibility index (Phi) is 2.29. The van der Waals surface area contributed by atoms with Crippen molar-refractivity contribution in [3.63, 3.8) is 0 Å². The lowest BCUT2D eigenvalue weighted by Crippen LogP contribution is -2.19. The Bertz CT molecular complexity index is 186. The number of hydrogen-bond acceptors (Lipinski definition) is 2. The van der Waals surface area contributed by atoms with Crippen molar-refractivity contribution in [2.45, 2.75) is 19.4 Å². The molecule has 3 nitrogen and oxygen atoms in total. The first-order valence-corrected chi connectivity index (χ1v) is 3.70. The van der Waals surface area contributed by atoms with Crippen molar-refractivity contribution in [2.24, 2.45) is 11.8 Å². The molecule has 0 heterocycles. The standard InChI is InChI=1S/C8H12O3/c1-5(8(10)11)6-2-3-7(9)4-6/h2-3,5-7,9H,4H2,1H3,(H,10,11)/t5-,6+,7+/m0/s1. The second-order valence-electron chi connectivity index (χ2n) is 2.98. The molecule has 0 spiro atoms. The second kappa shape index (κ2) is 3.05. The zero-order valence-corrected chi connectivity index (χ0v) is 6.40. The number of aliphatic hydroxyl groups excluding tert-OH is 1. The summed E-state index contributed by atoms with van der Waals surface area (Å²) in [7, 11) is 0. The third kappa shape index (κ3) is 1.80. The Morgan fingerprint density at radius 2 is 2.27 bits per heavy atom. The van der Waals surface area contributed by atoms with Gasteiger partial charge in [0.2, 0.25) is 0 Å². The lowest BCUT2D eigenvalue weighted by molar-refractivity contribution is -0.142. The number of carboxylic acid groups (broad SMARTS) is 1. The molecule has 0 aromatic rings. The maximum Gasteiger partial charge on any atom is 0.306 e. The van der Waals surface area contributed by atoms with E-state index in [0.717, 1.165) is 0 Å². The number of hydrogen-bond donors (Lipinski definition) is 2. The topological polar surface area (TPSA) is 57.5 Å². The molecule has 0 saturated heterocycles. The summed E-state index contributed by atoms with van der Waals surface area (Å²) < 4.78 is 0. The Labute approximate surface area is 65.3 Å². The molecule has 2 N–H and O–H groups in total. The molecular formula is C8H12O3. The average molecular weight is 156 g/mol. The first kappa shape index (κ1) is 8.27. The highest BCUT2D eigenvalue weighted by molar-refractivity contribution is 5.70. The van der Waals surface area contributed by atoms with Crippen molar-refractivity contribution in [1.82, 2.24) is 0 Å². The molecule has 0 saturated carbocycles. The Balaban J connectivity index is 2.51. The smallest absolute Gasteiger partial charge is 0.306 e. The number of aliphatic hydroxyl groups is 1. The van der Waals surface area contributed by atoms with Crippen molar-refractivity contribution in [2.75, 3.05) is 0 Å². The van der Waals surface area contributed by atoms with Gasteiger partial charge in [0.15, 0.2) is 0 Å². The normalized spacial score (nSPS) is 32.2. The second-order valence-corrected chi connectivity index (χ2v) is 2.98. The van der Waals surface area contributed by atoms with Crippen LogP contribution in [0.15, 0.2) is 12.2 Å². The van der Waals surface area contributed by atoms with Crippen LogP contribution in [0, 0.1) is 11.8 Å². The van der Waals surface area contributed by atoms with E-state index >= 15 is 0 Å². The van der Waals surface area contributed by atoms with Crippen molar-refractivity contribution < 1.29 is 15.0 Å². The minimum absolute atomic E-state index is 0.00231. The number of allylic oxidation sites excluding steroid dienone is 1. The van der Waals surface area contributed by atoms with Gasteiger partial charge < -0.3 is 10.2 Å². The van der Waals surface area contributed by atoms with Crippen LogP contribution in [0.1, 0.15) is 13.3 Å². The number of carbonyl (C=O) groups is 1. The Hall–Kier alpha value is -0.830. The minimum Gasteiger partial charge on any atom is -0.481 e. The molecule has 0 aliphatic heterocycles. The summed E-state index contributed by atoms with van der Waals surface area (Å²) in [6, 6.07) is 0. The molecule has 3 atom stereocenters. The quantitative estimate of drug-likeness (QED) is 0.577. The first-order valence-electron chi connectivity index (χ1n) is 3.70. The Morgan fingerprint density at radius 3 is 2.64 bits per heavy atom. The van der Waals surface area contributed by atoms with E-state index in [4.69, 9.17) is 10.2 Å². The predicted octanol–water partition coefficient (Wildman–Crippen LogP) is 0.644. The van der Waals surface area contributed by atoms with E-state index in [1.54, 1.807) is 19.1 Å². The van der Waals surface area contributed by atoms with Crippen molar-refractivity contribution >= 4 is 5.97 Å². The molecule has 0 unspecified atom stereocenters. The van der Waals surface area contributed by atoms with Gasteiger partial charge in [-0.15, -0.1) is 0 Å². The molecule has 0 fully saturated rings. The number of aliphatic carboxylic acids is 1. The van der Waals surface area contributed by atoms with E-state index < -0.39 is 12.1 Å². The molecular weight excluding hydrogens is 144 g/mol. The van der Waals surface area contributed by atoms with E-state index in [9.17, 15) is 4.79 Å². The largest absolute Gasteiger partial charge is 0.481 e. The number of rotatable bonds is 2. The van der Waals surface area contributed by atoms with E-state index in [1.165, 1.54) is 0 Å². The highest BCUT2D eigenvalue weighted by atomic mass is 16.4. The monoisotopic (exact) mass is 156 g/mol. The zero-order chi connectivity index (χ0) is 8.43. The van der Waals surface area contributed by atoms with Crippen LogP contribution in [-0.4, -0.2) is 22.3 Å². The van der Waals surface area contributed by atoms with Crippen molar-refractivity contribution in [3.05, 3.63) is 12.2 Å². The molecule has 0 aromatic carbocycles. The van der Waals surface area contributed by atoms with Crippen LogP contribution < -0.4 is 0 Å². The highest BCUT2D eigenvalue weighted by Gasteiger charge is 2.26. The van der Waals surface area contributed by atoms with Gasteiger partial charge in [-0.1, -0.05) is 19.1 Å². The van der Waals surface area contributed by atoms with Crippen LogP contribution in [0.5, 0.6) is 0 Å². The fraction of sp³-hybridized carbons (Fsp3) is 0.625. The minimum atomic E-state index is -0.797. The van der Waals surface area contributed by atoms with E-state index in [2.05, 4.69) is 0 Å². The Morgan fingerprint density at radius 1 is 1.64 bits per heavy atom. The fourth-order valence-electron chi connectivity index (χ4n) is 1.26. The summed E-state index contributed by atoms with van der Waals surface area (Å²) in [5, 5.41) is 17.7. The third-order valence-electron chi connectivity index (χ3n) is 2.13. The van der Waals surface area contributed by atoms with Gasteiger partial charge in [-0.05, 0) is 12.3 Å². The van der Waals surface area contributed by atoms with Gasteiger partial charge in [-0.25, -0.2) is 0 Å². The van der Waals surface area contributed by atoms with Gasteiger partial charge in [0, 0.05) is 0 Å². The van der Waals surface area contributed by atoms with Crippen LogP contribution in [-0.2, 0) is 4.79 Å². The van der Waals surface area contributed by atoms with Gasteiger partial charge in [0.25, 0.3) is 0 Å². The summed E-state index contributed by atoms with van der Waals surface area (Å²) >= 11 is 0. The lowest BCUT2D eigenvalue weighted by Gasteiger charge is -2.12. The predicted molar refractivity (Wildman–Crippen MR) is 40.1 cm³/mol. The molecule has 0 amide bonds. The van der Waals surface area contributed by atoms with E-state index in [-0.39, 0.29) is 11.8 Å². The van der Waals surface area contributed by atoms with Gasteiger partial charge in [0.1, 0.15) is 0 Å². The van der Waals surface area contributed by atoms with Gasteiger partial charge in [0.05, 0.1) is 12.0 Å². The van der Waals surface area contributed by atoms with Gasteiger partial charge in [-0.3, -0.25) is 4.79 Å². The van der Waals surface area contributed by atoms with Gasteiger partial charge >= 0.3 is 5.97 Å². The van der Waals surface area contributed by atoms with Crippen LogP contribution in [0.4, 0.5) is 0 Å². The summed E-state index contributed by atoms with van der Waals surface area (Å²) in [4.78, 5) is 10.5. The highest BCUT2D eigenvalue weighted by Crippen LogP contribution is 2.25. The van der Waals surface area contributed by atoms with Gasteiger partial charge in [-0.2, -0.15) is 0 Å². The zero-order valence-electron chi connectivity index (χ0n) is 6.40. The maximum absolute atomic E-state index is 10.5. The summed E-state index contributed by atoms with van der Waals surface area (Å²) in [6.45, 7) is 1.66. The first-order chi connectivity index (χ1) is 5.11. The molecule has 0 aromatic heterocycles. The lowest BCUT2D eigenvalue weighted by atomic mass is 9.93. The summed E-state index contributed by atoms with van der Waals surface area (Å²) in [6.07, 6.45) is 3.54. The van der Waals surface area contributed by atoms with Crippen LogP contribution in [0.25, 0.3) is 0 Å². The number of carboxylic acids is 1. The molecule has 0 radical (unpaired) electrons. The SMILES string of the molecule is C[C@H](C(=O)O)[C@@H]1C=C[C@@H](O)C1. The van der Waals surface area contributed by atoms with Crippen molar-refractivity contribution in [1.29, 1.82) is 0 Å². The molecule has 1 rings (SSSR count). The van der Waals surface area contributed by atoms with Crippen molar-refractivity contribution in [3.8, 4) is 0 Å². The molecule has 62 valence electrons. The molecule has 11 heavy (non-hydrogen) atoms. The molecule has 1 aliphatic rings. The average Bonchev–Trinajstić information content (AvgIpc) is 2.34. The molecule has 1 aliphatic carbocycles. The van der Waals surface area contributed by atoms with Crippen LogP contribution in [0.3, 0.4) is 0 Å². The van der Waals surface area contributed by atoms with Crippen LogP contribution >= 0.6 is 0 Å². The molecule has 0 bridgehead atoms. The van der Waals surface area contributed by atoms with E-state index in [0.29, 0.717) is 6.42 Å². The molecule has 3 heteroatoms. The fourth-order valence-corrected chi connectivity index (χ4v) is 1.26. The summed E-state index contributed by atoms with van der Waals surface area (Å²) in [5.41, 5.74) is 0. The third-order valence-corrected chi connectivity index (χ3v) is 2.13. The summed E-state index contributed by atoms with van der Waals surface area (Å²) in [5.74, 6) is -1.18. The maximum atomic E-state index is 10.5.